The number of nitrogen functional groups attached to an aromatic ring is 1. The monoisotopic (exact) mass is 227 g/mol. The van der Waals surface area contributed by atoms with E-state index in [-0.39, 0.29) is 0 Å². The average Bonchev–Trinajstić information content (AvgIpc) is 2.84. The first-order chi connectivity index (χ1) is 8.18. The molecule has 0 spiro atoms. The smallest absolute Gasteiger partial charge is 0.106 e. The highest BCUT2D eigenvalue weighted by Gasteiger charge is 2.16. The van der Waals surface area contributed by atoms with E-state index in [4.69, 9.17) is 5.73 Å². The van der Waals surface area contributed by atoms with Crippen molar-refractivity contribution in [3.05, 3.63) is 29.6 Å². The van der Waals surface area contributed by atoms with Gasteiger partial charge in [0.05, 0.1) is 16.6 Å². The van der Waals surface area contributed by atoms with E-state index in [9.17, 15) is 0 Å². The molecule has 0 saturated carbocycles. The minimum Gasteiger partial charge on any atom is -0.398 e. The number of rotatable bonds is 1. The molecule has 3 rings (SSSR count). The largest absolute Gasteiger partial charge is 0.398 e. The Bertz CT molecular complexity index is 673. The minimum absolute atomic E-state index is 0.728. The number of aryl methyl sites for hydroxylation is 2. The van der Waals surface area contributed by atoms with Gasteiger partial charge in [-0.25, -0.2) is 0 Å². The molecule has 4 N–H and O–H groups in total. The second-order valence-electron chi connectivity index (χ2n) is 4.15. The number of nitrogens with one attached hydrogen (secondary N) is 2. The molecule has 17 heavy (non-hydrogen) atoms. The van der Waals surface area contributed by atoms with Crippen LogP contribution in [0.15, 0.2) is 18.2 Å². The Morgan fingerprint density at radius 3 is 2.65 bits per heavy atom. The fourth-order valence-corrected chi connectivity index (χ4v) is 2.18. The van der Waals surface area contributed by atoms with Gasteiger partial charge >= 0.3 is 0 Å². The van der Waals surface area contributed by atoms with Crippen LogP contribution in [0, 0.1) is 13.8 Å². The number of hydrogen-bond donors (Lipinski definition) is 3. The summed E-state index contributed by atoms with van der Waals surface area (Å²) in [6.45, 7) is 3.94. The molecule has 0 saturated heterocycles. The number of aromatic nitrogens is 4. The highest BCUT2D eigenvalue weighted by Crippen LogP contribution is 2.33. The third-order valence-corrected chi connectivity index (χ3v) is 2.99. The van der Waals surface area contributed by atoms with Gasteiger partial charge in [-0.3, -0.25) is 10.2 Å². The second-order valence-corrected chi connectivity index (χ2v) is 4.15. The van der Waals surface area contributed by atoms with Crippen molar-refractivity contribution in [2.24, 2.45) is 0 Å². The Morgan fingerprint density at radius 1 is 1.12 bits per heavy atom. The van der Waals surface area contributed by atoms with Gasteiger partial charge in [0.15, 0.2) is 0 Å². The van der Waals surface area contributed by atoms with Crippen molar-refractivity contribution in [1.29, 1.82) is 0 Å². The van der Waals surface area contributed by atoms with Crippen LogP contribution < -0.4 is 5.73 Å². The third kappa shape index (κ3) is 1.32. The molecule has 5 heteroatoms. The van der Waals surface area contributed by atoms with E-state index in [1.165, 1.54) is 0 Å². The van der Waals surface area contributed by atoms with Crippen molar-refractivity contribution in [3.8, 4) is 11.3 Å². The molecule has 5 nitrogen and oxygen atoms in total. The summed E-state index contributed by atoms with van der Waals surface area (Å²) in [4.78, 5) is 0. The Morgan fingerprint density at radius 2 is 1.94 bits per heavy atom. The van der Waals surface area contributed by atoms with E-state index >= 15 is 0 Å². The van der Waals surface area contributed by atoms with Crippen LogP contribution in [0.1, 0.15) is 11.4 Å². The van der Waals surface area contributed by atoms with Crippen molar-refractivity contribution >= 4 is 16.6 Å². The highest BCUT2D eigenvalue weighted by atomic mass is 15.1. The molecule has 0 radical (unpaired) electrons. The molecule has 86 valence electrons. The van der Waals surface area contributed by atoms with Gasteiger partial charge in [0.25, 0.3) is 0 Å². The fraction of sp³-hybridized carbons (Fsp3) is 0.167. The van der Waals surface area contributed by atoms with Crippen LogP contribution in [0.3, 0.4) is 0 Å². The maximum Gasteiger partial charge on any atom is 0.106 e. The molecule has 2 heterocycles. The third-order valence-electron chi connectivity index (χ3n) is 2.99. The molecule has 0 aliphatic carbocycles. The first kappa shape index (κ1) is 9.89. The average molecular weight is 227 g/mol. The standard InChI is InChI=1S/C12H13N5/c1-6-10(7(2)15-14-6)12-11-8(13)4-3-5-9(11)16-17-12/h3-5H,13H2,1-2H3,(H,14,15)(H,16,17). The molecule has 0 fully saturated rings. The molecule has 0 aliphatic rings. The molecule has 3 aromatic rings. The van der Waals surface area contributed by atoms with Crippen molar-refractivity contribution in [3.63, 3.8) is 0 Å². The molecule has 0 bridgehead atoms. The van der Waals surface area contributed by atoms with Gasteiger partial charge in [0.2, 0.25) is 0 Å². The number of nitrogens with two attached hydrogens (primary N) is 1. The van der Waals surface area contributed by atoms with Gasteiger partial charge in [0, 0.05) is 16.9 Å². The van der Waals surface area contributed by atoms with Crippen LogP contribution >= 0.6 is 0 Å². The minimum atomic E-state index is 0.728. The molecule has 0 unspecified atom stereocenters. The van der Waals surface area contributed by atoms with Crippen molar-refractivity contribution in [1.82, 2.24) is 20.4 Å². The van der Waals surface area contributed by atoms with Crippen molar-refractivity contribution in [2.45, 2.75) is 13.8 Å². The Balaban J connectivity index is 2.39. The van der Waals surface area contributed by atoms with Crippen LogP contribution in [-0.4, -0.2) is 20.4 Å². The Kier molecular flexibility index (Phi) is 1.95. The van der Waals surface area contributed by atoms with Crippen molar-refractivity contribution in [2.75, 3.05) is 5.73 Å². The van der Waals surface area contributed by atoms with E-state index < -0.39 is 0 Å². The zero-order valence-electron chi connectivity index (χ0n) is 9.70. The van der Waals surface area contributed by atoms with Crippen LogP contribution in [0.5, 0.6) is 0 Å². The molecule has 0 atom stereocenters. The van der Waals surface area contributed by atoms with Gasteiger partial charge in [-0.2, -0.15) is 10.2 Å². The highest BCUT2D eigenvalue weighted by molar-refractivity contribution is 6.01. The summed E-state index contributed by atoms with van der Waals surface area (Å²) < 4.78 is 0. The van der Waals surface area contributed by atoms with Crippen LogP contribution in [0.2, 0.25) is 0 Å². The number of nitrogens with zero attached hydrogens (tertiary/aromatic N) is 2. The summed E-state index contributed by atoms with van der Waals surface area (Å²) in [5.74, 6) is 0. The zero-order valence-corrected chi connectivity index (χ0v) is 9.70. The van der Waals surface area contributed by atoms with Gasteiger partial charge in [-0.05, 0) is 26.0 Å². The fourth-order valence-electron chi connectivity index (χ4n) is 2.18. The number of fused-ring (bicyclic) bond motifs is 1. The van der Waals surface area contributed by atoms with E-state index in [2.05, 4.69) is 20.4 Å². The van der Waals surface area contributed by atoms with Gasteiger partial charge in [0.1, 0.15) is 5.69 Å². The summed E-state index contributed by atoms with van der Waals surface area (Å²) in [6, 6.07) is 5.76. The molecular formula is C12H13N5. The number of hydrogen-bond acceptors (Lipinski definition) is 3. The SMILES string of the molecule is Cc1n[nH]c(C)c1-c1n[nH]c2cccc(N)c12. The summed E-state index contributed by atoms with van der Waals surface area (Å²) in [6.07, 6.45) is 0. The molecular weight excluding hydrogens is 214 g/mol. The lowest BCUT2D eigenvalue weighted by molar-refractivity contribution is 1.02. The van der Waals surface area contributed by atoms with Gasteiger partial charge in [-0.1, -0.05) is 6.07 Å². The van der Waals surface area contributed by atoms with E-state index in [1.807, 2.05) is 32.0 Å². The normalized spacial score (nSPS) is 11.2. The Labute approximate surface area is 98.0 Å². The number of aromatic amines is 2. The maximum atomic E-state index is 6.02. The lowest BCUT2D eigenvalue weighted by Gasteiger charge is -2.00. The predicted molar refractivity (Wildman–Crippen MR) is 67.6 cm³/mol. The first-order valence-corrected chi connectivity index (χ1v) is 5.43. The lowest BCUT2D eigenvalue weighted by Crippen LogP contribution is -1.88. The number of anilines is 1. The van der Waals surface area contributed by atoms with E-state index in [1.54, 1.807) is 0 Å². The van der Waals surface area contributed by atoms with Crippen LogP contribution in [0.4, 0.5) is 5.69 Å². The van der Waals surface area contributed by atoms with Gasteiger partial charge < -0.3 is 5.73 Å². The lowest BCUT2D eigenvalue weighted by atomic mass is 10.1. The summed E-state index contributed by atoms with van der Waals surface area (Å²) in [5.41, 5.74) is 11.5. The molecule has 1 aromatic carbocycles. The summed E-state index contributed by atoms with van der Waals surface area (Å²) in [5, 5.41) is 15.5. The molecule has 2 aromatic heterocycles. The van der Waals surface area contributed by atoms with Crippen LogP contribution in [-0.2, 0) is 0 Å². The van der Waals surface area contributed by atoms with Gasteiger partial charge in [-0.15, -0.1) is 0 Å². The summed E-state index contributed by atoms with van der Waals surface area (Å²) >= 11 is 0. The van der Waals surface area contributed by atoms with E-state index in [0.717, 1.165) is 39.2 Å². The van der Waals surface area contributed by atoms with Crippen molar-refractivity contribution < 1.29 is 0 Å². The van der Waals surface area contributed by atoms with Crippen LogP contribution in [0.25, 0.3) is 22.2 Å². The Hall–Kier alpha value is -2.30. The summed E-state index contributed by atoms with van der Waals surface area (Å²) in [7, 11) is 0. The van der Waals surface area contributed by atoms with E-state index in [0.29, 0.717) is 0 Å². The zero-order chi connectivity index (χ0) is 12.0. The second kappa shape index (κ2) is 3.35. The molecule has 0 aliphatic heterocycles. The number of benzene rings is 1. The molecule has 0 amide bonds. The number of H-pyrrole nitrogens is 2. The maximum absolute atomic E-state index is 6.02. The first-order valence-electron chi connectivity index (χ1n) is 5.43. The predicted octanol–water partition coefficient (Wildman–Crippen LogP) is 2.15. The topological polar surface area (TPSA) is 83.4 Å². The quantitative estimate of drug-likeness (QED) is 0.557.